The molecule has 0 amide bonds. The Kier molecular flexibility index (Phi) is 9.78. The first-order chi connectivity index (χ1) is 12.3. The number of rotatable bonds is 6. The molecule has 1 fully saturated rings. The number of aryl methyl sites for hydroxylation is 1. The van der Waals surface area contributed by atoms with E-state index in [1.54, 1.807) is 20.2 Å². The molecular formula is C18H29F3IN5. The highest BCUT2D eigenvalue weighted by Gasteiger charge is 2.33. The van der Waals surface area contributed by atoms with Crippen LogP contribution in [-0.4, -0.2) is 66.7 Å². The van der Waals surface area contributed by atoms with Crippen LogP contribution in [0.25, 0.3) is 0 Å². The van der Waals surface area contributed by atoms with Crippen LogP contribution in [0.15, 0.2) is 23.3 Å². The van der Waals surface area contributed by atoms with E-state index in [1.807, 2.05) is 19.1 Å². The normalized spacial score (nSPS) is 18.0. The van der Waals surface area contributed by atoms with Crippen LogP contribution < -0.4 is 5.32 Å². The number of guanidine groups is 1. The van der Waals surface area contributed by atoms with Crippen LogP contribution in [0.2, 0.25) is 0 Å². The highest BCUT2D eigenvalue weighted by atomic mass is 127. The molecule has 2 heterocycles. The molecule has 9 heteroatoms. The lowest BCUT2D eigenvalue weighted by Crippen LogP contribution is -2.41. The quantitative estimate of drug-likeness (QED) is 0.371. The molecule has 1 aromatic rings. The van der Waals surface area contributed by atoms with Crippen molar-refractivity contribution in [2.75, 3.05) is 39.8 Å². The number of aliphatic imine (C=N–C) groups is 1. The molecular weight excluding hydrogens is 470 g/mol. The standard InChI is InChI=1S/C18H28F3N5.HI/c1-4-25(13-18(19,20)21)11-15-7-9-26(12-15)17(22-3)24-10-16-14(2)6-5-8-23-16;/h5-6,8,15H,4,7,9-13H2,1-3H3,(H,22,24);1H. The van der Waals surface area contributed by atoms with E-state index in [4.69, 9.17) is 0 Å². The Balaban J connectivity index is 0.00000364. The van der Waals surface area contributed by atoms with Gasteiger partial charge in [0.1, 0.15) is 0 Å². The largest absolute Gasteiger partial charge is 0.401 e. The summed E-state index contributed by atoms with van der Waals surface area (Å²) in [5.41, 5.74) is 2.08. The van der Waals surface area contributed by atoms with Gasteiger partial charge < -0.3 is 10.2 Å². The molecule has 1 unspecified atom stereocenters. The molecule has 5 nitrogen and oxygen atoms in total. The van der Waals surface area contributed by atoms with Gasteiger partial charge in [-0.15, -0.1) is 24.0 Å². The van der Waals surface area contributed by atoms with E-state index >= 15 is 0 Å². The number of hydrogen-bond donors (Lipinski definition) is 1. The zero-order chi connectivity index (χ0) is 19.2. The SMILES string of the molecule is CCN(CC1CCN(C(=NC)NCc2ncccc2C)C1)CC(F)(F)F.I. The zero-order valence-corrected chi connectivity index (χ0v) is 18.4. The van der Waals surface area contributed by atoms with E-state index in [0.717, 1.165) is 36.7 Å². The number of pyridine rings is 1. The van der Waals surface area contributed by atoms with E-state index in [1.165, 1.54) is 4.90 Å². The van der Waals surface area contributed by atoms with Gasteiger partial charge in [0, 0.05) is 32.9 Å². The summed E-state index contributed by atoms with van der Waals surface area (Å²) < 4.78 is 37.9. The lowest BCUT2D eigenvalue weighted by Gasteiger charge is -2.26. The molecule has 0 spiro atoms. The summed E-state index contributed by atoms with van der Waals surface area (Å²) in [6, 6.07) is 3.91. The number of nitrogens with zero attached hydrogens (tertiary/aromatic N) is 4. The molecule has 1 N–H and O–H groups in total. The van der Waals surface area contributed by atoms with Gasteiger partial charge in [-0.1, -0.05) is 13.0 Å². The minimum Gasteiger partial charge on any atom is -0.351 e. The number of nitrogens with one attached hydrogen (secondary N) is 1. The Hall–Kier alpha value is -1.10. The number of halogens is 4. The first kappa shape index (κ1) is 23.9. The summed E-state index contributed by atoms with van der Waals surface area (Å²) in [5, 5.41) is 3.31. The Morgan fingerprint density at radius 1 is 1.44 bits per heavy atom. The monoisotopic (exact) mass is 499 g/mol. The first-order valence-electron chi connectivity index (χ1n) is 8.97. The smallest absolute Gasteiger partial charge is 0.351 e. The van der Waals surface area contributed by atoms with Gasteiger partial charge in [0.05, 0.1) is 18.8 Å². The molecule has 1 aliphatic rings. The van der Waals surface area contributed by atoms with Crippen molar-refractivity contribution in [1.29, 1.82) is 0 Å². The third kappa shape index (κ3) is 7.81. The molecule has 0 aliphatic carbocycles. The molecule has 154 valence electrons. The Morgan fingerprint density at radius 2 is 2.19 bits per heavy atom. The van der Waals surface area contributed by atoms with Gasteiger partial charge in [-0.2, -0.15) is 13.2 Å². The van der Waals surface area contributed by atoms with E-state index < -0.39 is 12.7 Å². The van der Waals surface area contributed by atoms with Crippen molar-refractivity contribution in [3.05, 3.63) is 29.6 Å². The van der Waals surface area contributed by atoms with E-state index in [9.17, 15) is 13.2 Å². The van der Waals surface area contributed by atoms with Crippen LogP contribution >= 0.6 is 24.0 Å². The number of hydrogen-bond acceptors (Lipinski definition) is 3. The Morgan fingerprint density at radius 3 is 2.78 bits per heavy atom. The molecule has 1 saturated heterocycles. The minimum atomic E-state index is -4.15. The van der Waals surface area contributed by atoms with Crippen molar-refractivity contribution in [3.8, 4) is 0 Å². The molecule has 1 atom stereocenters. The zero-order valence-electron chi connectivity index (χ0n) is 16.1. The molecule has 27 heavy (non-hydrogen) atoms. The lowest BCUT2D eigenvalue weighted by atomic mass is 10.1. The van der Waals surface area contributed by atoms with Crippen LogP contribution in [0.3, 0.4) is 0 Å². The predicted octanol–water partition coefficient (Wildman–Crippen LogP) is 3.29. The highest BCUT2D eigenvalue weighted by Crippen LogP contribution is 2.21. The second-order valence-electron chi connectivity index (χ2n) is 6.71. The molecule has 0 saturated carbocycles. The van der Waals surface area contributed by atoms with Crippen molar-refractivity contribution < 1.29 is 13.2 Å². The minimum absolute atomic E-state index is 0. The summed E-state index contributed by atoms with van der Waals surface area (Å²) in [7, 11) is 1.73. The lowest BCUT2D eigenvalue weighted by molar-refractivity contribution is -0.146. The maximum absolute atomic E-state index is 12.6. The van der Waals surface area contributed by atoms with Gasteiger partial charge >= 0.3 is 6.18 Å². The topological polar surface area (TPSA) is 43.8 Å². The molecule has 0 radical (unpaired) electrons. The van der Waals surface area contributed by atoms with Gasteiger partial charge in [0.15, 0.2) is 5.96 Å². The van der Waals surface area contributed by atoms with Gasteiger partial charge in [-0.05, 0) is 37.4 Å². The highest BCUT2D eigenvalue weighted by molar-refractivity contribution is 14.0. The summed E-state index contributed by atoms with van der Waals surface area (Å²) >= 11 is 0. The van der Waals surface area contributed by atoms with Crippen molar-refractivity contribution >= 4 is 29.9 Å². The fraction of sp³-hybridized carbons (Fsp3) is 0.667. The summed E-state index contributed by atoms with van der Waals surface area (Å²) in [6.45, 7) is 5.91. The van der Waals surface area contributed by atoms with Gasteiger partial charge in [0.25, 0.3) is 0 Å². The number of alkyl halides is 3. The summed E-state index contributed by atoms with van der Waals surface area (Å²) in [5.74, 6) is 0.990. The van der Waals surface area contributed by atoms with Gasteiger partial charge in [-0.3, -0.25) is 14.9 Å². The second-order valence-corrected chi connectivity index (χ2v) is 6.71. The van der Waals surface area contributed by atoms with Crippen LogP contribution in [0.5, 0.6) is 0 Å². The molecule has 1 aliphatic heterocycles. The van der Waals surface area contributed by atoms with Gasteiger partial charge in [0.2, 0.25) is 0 Å². The molecule has 2 rings (SSSR count). The fourth-order valence-corrected chi connectivity index (χ4v) is 3.30. The van der Waals surface area contributed by atoms with Crippen molar-refractivity contribution in [2.45, 2.75) is 33.0 Å². The van der Waals surface area contributed by atoms with Crippen LogP contribution in [0, 0.1) is 12.8 Å². The third-order valence-corrected chi connectivity index (χ3v) is 4.70. The summed E-state index contributed by atoms with van der Waals surface area (Å²) in [6.07, 6.45) is -1.51. The third-order valence-electron chi connectivity index (χ3n) is 4.70. The Labute approximate surface area is 176 Å². The average molecular weight is 499 g/mol. The van der Waals surface area contributed by atoms with Crippen molar-refractivity contribution in [2.24, 2.45) is 10.9 Å². The molecule has 0 aromatic carbocycles. The maximum atomic E-state index is 12.6. The fourth-order valence-electron chi connectivity index (χ4n) is 3.30. The van der Waals surface area contributed by atoms with Crippen molar-refractivity contribution in [1.82, 2.24) is 20.1 Å². The van der Waals surface area contributed by atoms with E-state index in [0.29, 0.717) is 19.6 Å². The van der Waals surface area contributed by atoms with Gasteiger partial charge in [-0.25, -0.2) is 0 Å². The predicted molar refractivity (Wildman–Crippen MR) is 112 cm³/mol. The molecule has 1 aromatic heterocycles. The first-order valence-corrected chi connectivity index (χ1v) is 8.97. The second kappa shape index (κ2) is 11.0. The van der Waals surface area contributed by atoms with Crippen LogP contribution in [-0.2, 0) is 6.54 Å². The number of aromatic nitrogens is 1. The van der Waals surface area contributed by atoms with Crippen LogP contribution in [0.1, 0.15) is 24.6 Å². The van der Waals surface area contributed by atoms with E-state index in [-0.39, 0.29) is 29.9 Å². The van der Waals surface area contributed by atoms with Crippen molar-refractivity contribution in [3.63, 3.8) is 0 Å². The van der Waals surface area contributed by atoms with E-state index in [2.05, 4.69) is 20.2 Å². The number of likely N-dealkylation sites (tertiary alicyclic amines) is 1. The summed E-state index contributed by atoms with van der Waals surface area (Å²) in [4.78, 5) is 12.3. The maximum Gasteiger partial charge on any atom is 0.401 e. The average Bonchev–Trinajstić information content (AvgIpc) is 3.03. The Bertz CT molecular complexity index is 609. The van der Waals surface area contributed by atoms with Crippen LogP contribution in [0.4, 0.5) is 13.2 Å². The molecule has 0 bridgehead atoms.